The Bertz CT molecular complexity index is 664. The molecule has 1 aromatic rings. The van der Waals surface area contributed by atoms with Gasteiger partial charge in [-0.1, -0.05) is 0 Å². The smallest absolute Gasteiger partial charge is 0.368 e. The standard InChI is InChI=1S/C18H23F3N4O2/c19-18(20,21)17(27)25-11-9-24(10-12-25)15-3-1-14(2-4-15)23-16(26)13-5-7-22-8-6-13/h1-4,13,22H,5-12H2,(H,23,26). The Morgan fingerprint density at radius 2 is 1.59 bits per heavy atom. The monoisotopic (exact) mass is 384 g/mol. The fourth-order valence-corrected chi connectivity index (χ4v) is 3.43. The van der Waals surface area contributed by atoms with Gasteiger partial charge in [0, 0.05) is 43.5 Å². The molecule has 6 nitrogen and oxygen atoms in total. The lowest BCUT2D eigenvalue weighted by Crippen LogP contribution is -2.52. The van der Waals surface area contributed by atoms with Gasteiger partial charge < -0.3 is 20.4 Å². The van der Waals surface area contributed by atoms with Gasteiger partial charge in [0.25, 0.3) is 0 Å². The second kappa shape index (κ2) is 8.16. The Balaban J connectivity index is 1.52. The molecule has 0 unspecified atom stereocenters. The first-order valence-electron chi connectivity index (χ1n) is 9.07. The molecule has 148 valence electrons. The van der Waals surface area contributed by atoms with Crippen LogP contribution in [0.15, 0.2) is 24.3 Å². The van der Waals surface area contributed by atoms with Crippen LogP contribution in [0.2, 0.25) is 0 Å². The summed E-state index contributed by atoms with van der Waals surface area (Å²) in [6, 6.07) is 7.25. The maximum Gasteiger partial charge on any atom is 0.471 e. The van der Waals surface area contributed by atoms with Crippen LogP contribution in [0.5, 0.6) is 0 Å². The van der Waals surface area contributed by atoms with Crippen LogP contribution >= 0.6 is 0 Å². The van der Waals surface area contributed by atoms with Crippen molar-refractivity contribution in [3.8, 4) is 0 Å². The molecule has 2 fully saturated rings. The molecule has 0 atom stereocenters. The maximum atomic E-state index is 12.5. The number of alkyl halides is 3. The third kappa shape index (κ3) is 4.91. The zero-order chi connectivity index (χ0) is 19.4. The first-order chi connectivity index (χ1) is 12.8. The fourth-order valence-electron chi connectivity index (χ4n) is 3.43. The first kappa shape index (κ1) is 19.5. The molecule has 2 aliphatic heterocycles. The summed E-state index contributed by atoms with van der Waals surface area (Å²) in [6.07, 6.45) is -3.17. The molecule has 2 aliphatic rings. The number of hydrogen-bond donors (Lipinski definition) is 2. The topological polar surface area (TPSA) is 64.7 Å². The Morgan fingerprint density at radius 1 is 1.00 bits per heavy atom. The number of nitrogens with zero attached hydrogens (tertiary/aromatic N) is 2. The van der Waals surface area contributed by atoms with E-state index < -0.39 is 12.1 Å². The summed E-state index contributed by atoms with van der Waals surface area (Å²) in [5.74, 6) is -1.74. The maximum absolute atomic E-state index is 12.5. The van der Waals surface area contributed by atoms with Crippen molar-refractivity contribution in [1.82, 2.24) is 10.2 Å². The van der Waals surface area contributed by atoms with Gasteiger partial charge in [-0.15, -0.1) is 0 Å². The van der Waals surface area contributed by atoms with Crippen molar-refractivity contribution in [1.29, 1.82) is 0 Å². The normalized spacial score (nSPS) is 19.1. The number of amides is 2. The van der Waals surface area contributed by atoms with E-state index in [1.54, 1.807) is 12.1 Å². The SMILES string of the molecule is O=C(Nc1ccc(N2CCN(C(=O)C(F)(F)F)CC2)cc1)C1CCNCC1. The number of nitrogens with one attached hydrogen (secondary N) is 2. The molecule has 0 saturated carbocycles. The van der Waals surface area contributed by atoms with E-state index in [1.165, 1.54) is 0 Å². The molecule has 27 heavy (non-hydrogen) atoms. The lowest BCUT2D eigenvalue weighted by molar-refractivity contribution is -0.185. The third-order valence-electron chi connectivity index (χ3n) is 5.02. The van der Waals surface area contributed by atoms with Gasteiger partial charge >= 0.3 is 12.1 Å². The molecule has 2 amide bonds. The number of rotatable bonds is 3. The van der Waals surface area contributed by atoms with Gasteiger partial charge in [-0.2, -0.15) is 13.2 Å². The number of carbonyl (C=O) groups excluding carboxylic acids is 2. The summed E-state index contributed by atoms with van der Waals surface area (Å²) >= 11 is 0. The van der Waals surface area contributed by atoms with Crippen molar-refractivity contribution >= 4 is 23.2 Å². The summed E-state index contributed by atoms with van der Waals surface area (Å²) in [5.41, 5.74) is 1.56. The molecule has 3 rings (SSSR count). The van der Waals surface area contributed by atoms with Gasteiger partial charge in [0.15, 0.2) is 0 Å². The lowest BCUT2D eigenvalue weighted by atomic mass is 9.97. The predicted molar refractivity (Wildman–Crippen MR) is 95.5 cm³/mol. The van der Waals surface area contributed by atoms with Crippen molar-refractivity contribution in [3.63, 3.8) is 0 Å². The Morgan fingerprint density at radius 3 is 2.15 bits per heavy atom. The van der Waals surface area contributed by atoms with E-state index in [0.717, 1.165) is 36.5 Å². The predicted octanol–water partition coefficient (Wildman–Crippen LogP) is 1.84. The van der Waals surface area contributed by atoms with Crippen LogP contribution in [0.1, 0.15) is 12.8 Å². The van der Waals surface area contributed by atoms with Gasteiger partial charge in [-0.05, 0) is 50.2 Å². The zero-order valence-corrected chi connectivity index (χ0v) is 14.9. The molecule has 0 aromatic heterocycles. The Kier molecular flexibility index (Phi) is 5.88. The first-order valence-corrected chi connectivity index (χ1v) is 9.07. The van der Waals surface area contributed by atoms with E-state index in [1.807, 2.05) is 17.0 Å². The number of anilines is 2. The average molecular weight is 384 g/mol. The van der Waals surface area contributed by atoms with Gasteiger partial charge in [-0.3, -0.25) is 9.59 Å². The molecule has 0 radical (unpaired) electrons. The van der Waals surface area contributed by atoms with Crippen LogP contribution in [-0.2, 0) is 9.59 Å². The molecule has 2 heterocycles. The third-order valence-corrected chi connectivity index (χ3v) is 5.02. The average Bonchev–Trinajstić information content (AvgIpc) is 2.68. The van der Waals surface area contributed by atoms with Crippen molar-refractivity contribution in [2.75, 3.05) is 49.5 Å². The molecule has 2 N–H and O–H groups in total. The number of hydrogen-bond acceptors (Lipinski definition) is 4. The number of halogens is 3. The summed E-state index contributed by atoms with van der Waals surface area (Å²) < 4.78 is 37.5. The van der Waals surface area contributed by atoms with Crippen LogP contribution in [0, 0.1) is 5.92 Å². The highest BCUT2D eigenvalue weighted by Gasteiger charge is 2.43. The Hall–Kier alpha value is -2.29. The van der Waals surface area contributed by atoms with Gasteiger partial charge in [-0.25, -0.2) is 0 Å². The molecular formula is C18H23F3N4O2. The summed E-state index contributed by atoms with van der Waals surface area (Å²) in [6.45, 7) is 2.43. The minimum absolute atomic E-state index is 0.0172. The molecule has 9 heteroatoms. The summed E-state index contributed by atoms with van der Waals surface area (Å²) in [7, 11) is 0. The number of piperidine rings is 1. The Labute approximate surface area is 155 Å². The van der Waals surface area contributed by atoms with Crippen LogP contribution in [0.3, 0.4) is 0 Å². The second-order valence-corrected chi connectivity index (χ2v) is 6.84. The largest absolute Gasteiger partial charge is 0.471 e. The highest BCUT2D eigenvalue weighted by Crippen LogP contribution is 2.23. The van der Waals surface area contributed by atoms with E-state index in [4.69, 9.17) is 0 Å². The molecule has 0 bridgehead atoms. The minimum Gasteiger partial charge on any atom is -0.368 e. The van der Waals surface area contributed by atoms with Crippen molar-refractivity contribution < 1.29 is 22.8 Å². The summed E-state index contributed by atoms with van der Waals surface area (Å²) in [4.78, 5) is 26.3. The highest BCUT2D eigenvalue weighted by atomic mass is 19.4. The van der Waals surface area contributed by atoms with E-state index >= 15 is 0 Å². The van der Waals surface area contributed by atoms with E-state index in [0.29, 0.717) is 18.8 Å². The van der Waals surface area contributed by atoms with E-state index in [-0.39, 0.29) is 24.9 Å². The van der Waals surface area contributed by atoms with Crippen molar-refractivity contribution in [2.24, 2.45) is 5.92 Å². The molecule has 0 aliphatic carbocycles. The zero-order valence-electron chi connectivity index (χ0n) is 14.9. The van der Waals surface area contributed by atoms with E-state index in [2.05, 4.69) is 10.6 Å². The van der Waals surface area contributed by atoms with Crippen LogP contribution in [0.25, 0.3) is 0 Å². The van der Waals surface area contributed by atoms with Crippen molar-refractivity contribution in [2.45, 2.75) is 19.0 Å². The number of piperazine rings is 1. The molecule has 2 saturated heterocycles. The molecule has 1 aromatic carbocycles. The van der Waals surface area contributed by atoms with Gasteiger partial charge in [0.1, 0.15) is 0 Å². The molecule has 0 spiro atoms. The summed E-state index contributed by atoms with van der Waals surface area (Å²) in [5, 5.41) is 6.14. The highest BCUT2D eigenvalue weighted by molar-refractivity contribution is 5.92. The van der Waals surface area contributed by atoms with Crippen molar-refractivity contribution in [3.05, 3.63) is 24.3 Å². The quantitative estimate of drug-likeness (QED) is 0.835. The van der Waals surface area contributed by atoms with Gasteiger partial charge in [0.05, 0.1) is 0 Å². The lowest BCUT2D eigenvalue weighted by Gasteiger charge is -2.36. The van der Waals surface area contributed by atoms with E-state index in [9.17, 15) is 22.8 Å². The van der Waals surface area contributed by atoms with Gasteiger partial charge in [0.2, 0.25) is 5.91 Å². The van der Waals surface area contributed by atoms with Crippen LogP contribution in [-0.4, -0.2) is 62.2 Å². The second-order valence-electron chi connectivity index (χ2n) is 6.84. The number of carbonyl (C=O) groups is 2. The molecular weight excluding hydrogens is 361 g/mol. The minimum atomic E-state index is -4.82. The number of benzene rings is 1. The van der Waals surface area contributed by atoms with Crippen LogP contribution < -0.4 is 15.5 Å². The van der Waals surface area contributed by atoms with Crippen LogP contribution in [0.4, 0.5) is 24.5 Å². The fraction of sp³-hybridized carbons (Fsp3) is 0.556.